The van der Waals surface area contributed by atoms with Crippen LogP contribution < -0.4 is 0 Å². The maximum Gasteiger partial charge on any atom is 0.192 e. The first-order chi connectivity index (χ1) is 16.0. The van der Waals surface area contributed by atoms with E-state index in [1.165, 1.54) is 35.3 Å². The minimum atomic E-state index is 0.230. The Balaban J connectivity index is 1.50. The Kier molecular flexibility index (Phi) is 7.98. The second-order valence-electron chi connectivity index (χ2n) is 7.06. The number of nitrogens with zero attached hydrogens (tertiary/aromatic N) is 3. The molecule has 0 aliphatic heterocycles. The summed E-state index contributed by atoms with van der Waals surface area (Å²) in [4.78, 5) is 13.8. The first-order valence-corrected chi connectivity index (χ1v) is 13.0. The van der Waals surface area contributed by atoms with Crippen molar-refractivity contribution < 1.29 is 15.3 Å². The average molecular weight is 496 g/mol. The number of phenolic OH excluding ortho intramolecular Hbond substituents is 3. The summed E-state index contributed by atoms with van der Waals surface area (Å²) in [6.45, 7) is 0. The number of hydrogen-bond acceptors (Lipinski definition) is 9. The summed E-state index contributed by atoms with van der Waals surface area (Å²) < 4.78 is 0. The molecule has 0 fully saturated rings. The first-order valence-electron chi connectivity index (χ1n) is 10.0. The lowest BCUT2D eigenvalue weighted by Crippen LogP contribution is -1.98. The van der Waals surface area contributed by atoms with Crippen molar-refractivity contribution in [2.45, 2.75) is 32.7 Å². The molecule has 1 heterocycles. The number of aromatic nitrogens is 3. The van der Waals surface area contributed by atoms with Crippen LogP contribution in [0.4, 0.5) is 0 Å². The van der Waals surface area contributed by atoms with Crippen LogP contribution in [-0.4, -0.2) is 30.3 Å². The van der Waals surface area contributed by atoms with Crippen LogP contribution >= 0.6 is 35.3 Å². The van der Waals surface area contributed by atoms with E-state index in [1.807, 2.05) is 36.4 Å². The van der Waals surface area contributed by atoms with Crippen LogP contribution in [0.25, 0.3) is 0 Å². The van der Waals surface area contributed by atoms with Gasteiger partial charge in [0.15, 0.2) is 15.5 Å². The van der Waals surface area contributed by atoms with Gasteiger partial charge in [0.25, 0.3) is 0 Å². The zero-order chi connectivity index (χ0) is 23.0. The third-order valence-electron chi connectivity index (χ3n) is 4.41. The van der Waals surface area contributed by atoms with Gasteiger partial charge in [-0.3, -0.25) is 0 Å². The van der Waals surface area contributed by atoms with Gasteiger partial charge in [-0.1, -0.05) is 71.7 Å². The molecule has 0 bridgehead atoms. The fourth-order valence-corrected chi connectivity index (χ4v) is 5.40. The Morgan fingerprint density at radius 1 is 0.485 bits per heavy atom. The third-order valence-corrected chi connectivity index (χ3v) is 7.16. The minimum absolute atomic E-state index is 0.230. The zero-order valence-corrected chi connectivity index (χ0v) is 19.9. The lowest BCUT2D eigenvalue weighted by Gasteiger charge is -2.08. The van der Waals surface area contributed by atoms with E-state index < -0.39 is 0 Å². The molecular weight excluding hydrogens is 474 g/mol. The van der Waals surface area contributed by atoms with Gasteiger partial charge in [-0.15, -0.1) is 0 Å². The van der Waals surface area contributed by atoms with E-state index in [2.05, 4.69) is 15.0 Å². The van der Waals surface area contributed by atoms with Crippen molar-refractivity contribution in [3.8, 4) is 17.2 Å². The molecule has 0 aliphatic carbocycles. The number of rotatable bonds is 9. The summed E-state index contributed by atoms with van der Waals surface area (Å²) in [5, 5.41) is 30.9. The maximum atomic E-state index is 9.70. The van der Waals surface area contributed by atoms with E-state index in [1.54, 1.807) is 36.4 Å². The topological polar surface area (TPSA) is 99.4 Å². The summed E-state index contributed by atoms with van der Waals surface area (Å²) in [7, 11) is 0. The average Bonchev–Trinajstić information content (AvgIpc) is 2.80. The molecule has 0 saturated heterocycles. The number of thioether (sulfide) groups is 3. The Morgan fingerprint density at radius 2 is 0.788 bits per heavy atom. The molecule has 0 unspecified atom stereocenters. The molecule has 0 radical (unpaired) electrons. The van der Waals surface area contributed by atoms with Crippen LogP contribution in [0.1, 0.15) is 16.7 Å². The molecule has 4 aromatic rings. The Labute approximate surface area is 204 Å². The van der Waals surface area contributed by atoms with Crippen LogP contribution in [0.15, 0.2) is 88.3 Å². The lowest BCUT2D eigenvalue weighted by molar-refractivity contribution is 0.474. The van der Waals surface area contributed by atoms with Crippen molar-refractivity contribution in [3.63, 3.8) is 0 Å². The molecule has 3 aromatic carbocycles. The van der Waals surface area contributed by atoms with Crippen LogP contribution in [0.3, 0.4) is 0 Å². The van der Waals surface area contributed by atoms with E-state index >= 15 is 0 Å². The maximum absolute atomic E-state index is 9.70. The second-order valence-corrected chi connectivity index (χ2v) is 9.89. The van der Waals surface area contributed by atoms with Gasteiger partial charge >= 0.3 is 0 Å². The fraction of sp³-hybridized carbons (Fsp3) is 0.125. The molecule has 0 atom stereocenters. The summed E-state index contributed by atoms with van der Waals surface area (Å²) in [6, 6.07) is 21.4. The molecule has 0 aliphatic rings. The predicted molar refractivity (Wildman–Crippen MR) is 133 cm³/mol. The first kappa shape index (κ1) is 23.3. The summed E-state index contributed by atoms with van der Waals surface area (Å²) in [5.41, 5.74) is 2.93. The second kappa shape index (κ2) is 11.3. The molecule has 9 heteroatoms. The Bertz CT molecular complexity index is 1080. The van der Waals surface area contributed by atoms with Gasteiger partial charge in [0, 0.05) is 17.3 Å². The molecular formula is C24H21N3O3S3. The summed E-state index contributed by atoms with van der Waals surface area (Å²) >= 11 is 4.44. The van der Waals surface area contributed by atoms with E-state index in [9.17, 15) is 15.3 Å². The normalized spacial score (nSPS) is 10.9. The molecule has 3 N–H and O–H groups in total. The van der Waals surface area contributed by atoms with Gasteiger partial charge in [0.2, 0.25) is 0 Å². The lowest BCUT2D eigenvalue weighted by atomic mass is 10.2. The van der Waals surface area contributed by atoms with E-state index in [0.29, 0.717) is 32.7 Å². The third kappa shape index (κ3) is 7.31. The molecule has 168 valence electrons. The molecule has 4 rings (SSSR count). The van der Waals surface area contributed by atoms with Crippen LogP contribution in [0.5, 0.6) is 17.2 Å². The molecule has 0 spiro atoms. The molecule has 0 amide bonds. The van der Waals surface area contributed by atoms with Gasteiger partial charge in [0.05, 0.1) is 0 Å². The number of phenols is 3. The van der Waals surface area contributed by atoms with E-state index in [4.69, 9.17) is 0 Å². The molecule has 33 heavy (non-hydrogen) atoms. The van der Waals surface area contributed by atoms with Crippen molar-refractivity contribution >= 4 is 35.3 Å². The largest absolute Gasteiger partial charge is 0.508 e. The van der Waals surface area contributed by atoms with E-state index in [0.717, 1.165) is 16.7 Å². The minimum Gasteiger partial charge on any atom is -0.508 e. The van der Waals surface area contributed by atoms with E-state index in [-0.39, 0.29) is 17.2 Å². The van der Waals surface area contributed by atoms with Crippen molar-refractivity contribution in [1.82, 2.24) is 15.0 Å². The Morgan fingerprint density at radius 3 is 1.06 bits per heavy atom. The monoisotopic (exact) mass is 495 g/mol. The van der Waals surface area contributed by atoms with Crippen LogP contribution in [0.2, 0.25) is 0 Å². The highest BCUT2D eigenvalue weighted by atomic mass is 32.2. The number of benzene rings is 3. The summed E-state index contributed by atoms with van der Waals surface area (Å²) in [6.07, 6.45) is 0. The van der Waals surface area contributed by atoms with Crippen molar-refractivity contribution in [3.05, 3.63) is 89.5 Å². The van der Waals surface area contributed by atoms with Crippen LogP contribution in [0, 0.1) is 0 Å². The Hall–Kier alpha value is -2.88. The van der Waals surface area contributed by atoms with Gasteiger partial charge in [-0.2, -0.15) is 15.0 Å². The fourth-order valence-electron chi connectivity index (χ4n) is 2.90. The molecule has 0 saturated carbocycles. The van der Waals surface area contributed by atoms with Gasteiger partial charge in [-0.05, 0) is 53.1 Å². The standard InChI is InChI=1S/C24H21N3O3S3/c28-19-7-1-4-16(10-19)13-31-22-25-23(32-14-17-5-2-8-20(29)11-17)27-24(26-22)33-15-18-6-3-9-21(30)12-18/h1-12,28-30H,13-15H2. The summed E-state index contributed by atoms with van der Waals surface area (Å²) in [5.74, 6) is 2.54. The predicted octanol–water partition coefficient (Wildman–Crippen LogP) is 5.87. The zero-order valence-electron chi connectivity index (χ0n) is 17.5. The van der Waals surface area contributed by atoms with Crippen molar-refractivity contribution in [2.75, 3.05) is 0 Å². The number of aromatic hydroxyl groups is 3. The SMILES string of the molecule is Oc1cccc(CSc2nc(SCc3cccc(O)c3)nc(SCc3cccc(O)c3)n2)c1. The van der Waals surface area contributed by atoms with Crippen molar-refractivity contribution in [2.24, 2.45) is 0 Å². The van der Waals surface area contributed by atoms with Crippen LogP contribution in [-0.2, 0) is 17.3 Å². The molecule has 6 nitrogen and oxygen atoms in total. The van der Waals surface area contributed by atoms with Crippen molar-refractivity contribution in [1.29, 1.82) is 0 Å². The van der Waals surface area contributed by atoms with Gasteiger partial charge in [-0.25, -0.2) is 0 Å². The van der Waals surface area contributed by atoms with Gasteiger partial charge in [0.1, 0.15) is 17.2 Å². The highest BCUT2D eigenvalue weighted by Crippen LogP contribution is 2.29. The quantitative estimate of drug-likeness (QED) is 0.246. The molecule has 1 aromatic heterocycles. The highest BCUT2D eigenvalue weighted by molar-refractivity contribution is 7.99. The smallest absolute Gasteiger partial charge is 0.192 e. The van der Waals surface area contributed by atoms with Gasteiger partial charge < -0.3 is 15.3 Å². The highest BCUT2D eigenvalue weighted by Gasteiger charge is 2.11. The number of hydrogen-bond donors (Lipinski definition) is 3.